The second-order valence-electron chi connectivity index (χ2n) is 3.88. The van der Waals surface area contributed by atoms with Crippen LogP contribution in [0.15, 0.2) is 18.2 Å². The molecule has 4 nitrogen and oxygen atoms in total. The minimum atomic E-state index is -0.658. The van der Waals surface area contributed by atoms with Gasteiger partial charge in [0.2, 0.25) is 6.10 Å². The Morgan fingerprint density at radius 3 is 2.75 bits per heavy atom. The highest BCUT2D eigenvalue weighted by Crippen LogP contribution is 2.23. The third-order valence-electron chi connectivity index (χ3n) is 2.76. The zero-order valence-electron chi connectivity index (χ0n) is 9.23. The molecule has 0 saturated carbocycles. The molecule has 4 heteroatoms. The highest BCUT2D eigenvalue weighted by Gasteiger charge is 2.32. The van der Waals surface area contributed by atoms with Gasteiger partial charge in [-0.2, -0.15) is 5.26 Å². The number of nitrogens with zero attached hydrogens (tertiary/aromatic N) is 2. The molecule has 0 N–H and O–H groups in total. The van der Waals surface area contributed by atoms with Crippen molar-refractivity contribution in [3.63, 3.8) is 0 Å². The molecule has 1 aliphatic heterocycles. The summed E-state index contributed by atoms with van der Waals surface area (Å²) in [6.07, 6.45) is -1.11. The first kappa shape index (κ1) is 10.5. The molecule has 1 aliphatic rings. The van der Waals surface area contributed by atoms with Crippen LogP contribution < -0.4 is 4.90 Å². The lowest BCUT2D eigenvalue weighted by Gasteiger charge is -2.13. The van der Waals surface area contributed by atoms with E-state index in [0.29, 0.717) is 6.54 Å². The van der Waals surface area contributed by atoms with Crippen LogP contribution in [-0.2, 0) is 4.74 Å². The second-order valence-corrected chi connectivity index (χ2v) is 3.88. The molecule has 1 heterocycles. The van der Waals surface area contributed by atoms with Crippen LogP contribution >= 0.6 is 0 Å². The fourth-order valence-electron chi connectivity index (χ4n) is 1.63. The fraction of sp³-hybridized carbons (Fsp3) is 0.333. The number of hydrogen-bond donors (Lipinski definition) is 0. The SMILES string of the molecule is Cc1ccc(N2CC(C#N)OC2=O)cc1C. The molecule has 2 rings (SSSR count). The van der Waals surface area contributed by atoms with Gasteiger partial charge in [0.15, 0.2) is 0 Å². The lowest BCUT2D eigenvalue weighted by molar-refractivity contribution is 0.162. The van der Waals surface area contributed by atoms with Crippen molar-refractivity contribution in [2.24, 2.45) is 0 Å². The number of benzene rings is 1. The Morgan fingerprint density at radius 2 is 2.19 bits per heavy atom. The van der Waals surface area contributed by atoms with Crippen molar-refractivity contribution in [3.05, 3.63) is 29.3 Å². The van der Waals surface area contributed by atoms with Gasteiger partial charge in [-0.25, -0.2) is 4.79 Å². The maximum atomic E-state index is 11.5. The topological polar surface area (TPSA) is 53.3 Å². The Bertz CT molecular complexity index is 476. The van der Waals surface area contributed by atoms with Gasteiger partial charge < -0.3 is 4.74 Å². The normalized spacial score (nSPS) is 19.4. The number of amides is 1. The first-order valence-electron chi connectivity index (χ1n) is 5.07. The second kappa shape index (κ2) is 3.86. The van der Waals surface area contributed by atoms with E-state index >= 15 is 0 Å². The van der Waals surface area contributed by atoms with Crippen LogP contribution in [0.2, 0.25) is 0 Å². The minimum Gasteiger partial charge on any atom is -0.428 e. The maximum Gasteiger partial charge on any atom is 0.415 e. The number of carbonyl (C=O) groups is 1. The number of aryl methyl sites for hydroxylation is 2. The summed E-state index contributed by atoms with van der Waals surface area (Å²) in [5, 5.41) is 8.69. The third-order valence-corrected chi connectivity index (χ3v) is 2.76. The Balaban J connectivity index is 2.29. The molecule has 1 amide bonds. The molecular weight excluding hydrogens is 204 g/mol. The van der Waals surface area contributed by atoms with Crippen LogP contribution in [0.4, 0.5) is 10.5 Å². The molecule has 0 aromatic heterocycles. The predicted octanol–water partition coefficient (Wildman–Crippen LogP) is 2.15. The lowest BCUT2D eigenvalue weighted by atomic mass is 10.1. The largest absolute Gasteiger partial charge is 0.428 e. The molecule has 1 unspecified atom stereocenters. The summed E-state index contributed by atoms with van der Waals surface area (Å²) in [4.78, 5) is 13.0. The van der Waals surface area contributed by atoms with E-state index in [2.05, 4.69) is 0 Å². The van der Waals surface area contributed by atoms with Crippen LogP contribution in [0.25, 0.3) is 0 Å². The molecule has 0 spiro atoms. The predicted molar refractivity (Wildman–Crippen MR) is 59.1 cm³/mol. The highest BCUT2D eigenvalue weighted by molar-refractivity contribution is 5.90. The van der Waals surface area contributed by atoms with Crippen molar-refractivity contribution < 1.29 is 9.53 Å². The van der Waals surface area contributed by atoms with Crippen molar-refractivity contribution in [3.8, 4) is 6.07 Å². The van der Waals surface area contributed by atoms with E-state index < -0.39 is 12.2 Å². The quantitative estimate of drug-likeness (QED) is 0.722. The third kappa shape index (κ3) is 1.72. The molecule has 1 saturated heterocycles. The summed E-state index contributed by atoms with van der Waals surface area (Å²) in [6.45, 7) is 4.30. The van der Waals surface area contributed by atoms with Crippen molar-refractivity contribution in [2.45, 2.75) is 20.0 Å². The van der Waals surface area contributed by atoms with E-state index in [0.717, 1.165) is 11.3 Å². The van der Waals surface area contributed by atoms with Crippen LogP contribution in [0.1, 0.15) is 11.1 Å². The van der Waals surface area contributed by atoms with Crippen molar-refractivity contribution in [1.82, 2.24) is 0 Å². The first-order valence-corrected chi connectivity index (χ1v) is 5.07. The average Bonchev–Trinajstić information content (AvgIpc) is 2.64. The molecule has 1 aromatic rings. The van der Waals surface area contributed by atoms with E-state index in [-0.39, 0.29) is 0 Å². The standard InChI is InChI=1S/C12H12N2O2/c1-8-3-4-10(5-9(8)2)14-7-11(6-13)16-12(14)15/h3-5,11H,7H2,1-2H3. The van der Waals surface area contributed by atoms with E-state index in [4.69, 9.17) is 10.00 Å². The number of carbonyl (C=O) groups excluding carboxylic acids is 1. The van der Waals surface area contributed by atoms with Crippen LogP contribution in [0.3, 0.4) is 0 Å². The van der Waals surface area contributed by atoms with Gasteiger partial charge in [0.05, 0.1) is 6.54 Å². The van der Waals surface area contributed by atoms with Gasteiger partial charge in [0, 0.05) is 5.69 Å². The fourth-order valence-corrected chi connectivity index (χ4v) is 1.63. The molecule has 1 aromatic carbocycles. The van der Waals surface area contributed by atoms with Gasteiger partial charge in [-0.1, -0.05) is 6.07 Å². The Labute approximate surface area is 94.0 Å². The molecule has 1 atom stereocenters. The summed E-state index contributed by atoms with van der Waals surface area (Å²) in [5.41, 5.74) is 3.07. The number of anilines is 1. The molecule has 82 valence electrons. The van der Waals surface area contributed by atoms with Crippen LogP contribution in [0.5, 0.6) is 0 Å². The number of ether oxygens (including phenoxy) is 1. The van der Waals surface area contributed by atoms with Gasteiger partial charge in [-0.3, -0.25) is 4.90 Å². The summed E-state index contributed by atoms with van der Waals surface area (Å²) >= 11 is 0. The molecule has 16 heavy (non-hydrogen) atoms. The number of nitriles is 1. The highest BCUT2D eigenvalue weighted by atomic mass is 16.6. The Morgan fingerprint density at radius 1 is 1.44 bits per heavy atom. The van der Waals surface area contributed by atoms with Gasteiger partial charge in [-0.15, -0.1) is 0 Å². The van der Waals surface area contributed by atoms with Gasteiger partial charge >= 0.3 is 6.09 Å². The number of rotatable bonds is 1. The van der Waals surface area contributed by atoms with E-state index in [1.165, 1.54) is 10.5 Å². The lowest BCUT2D eigenvalue weighted by Crippen LogP contribution is -2.24. The van der Waals surface area contributed by atoms with Gasteiger partial charge in [0.1, 0.15) is 6.07 Å². The van der Waals surface area contributed by atoms with E-state index in [1.54, 1.807) is 0 Å². The summed E-state index contributed by atoms with van der Waals surface area (Å²) in [5.74, 6) is 0. The molecule has 0 aliphatic carbocycles. The summed E-state index contributed by atoms with van der Waals surface area (Å²) in [6, 6.07) is 7.68. The first-order chi connectivity index (χ1) is 7.61. The summed E-state index contributed by atoms with van der Waals surface area (Å²) in [7, 11) is 0. The van der Waals surface area contributed by atoms with E-state index in [1.807, 2.05) is 38.1 Å². The number of hydrogen-bond acceptors (Lipinski definition) is 3. The summed E-state index contributed by atoms with van der Waals surface area (Å²) < 4.78 is 4.87. The zero-order valence-corrected chi connectivity index (χ0v) is 9.23. The molecule has 0 bridgehead atoms. The van der Waals surface area contributed by atoms with Crippen molar-refractivity contribution in [2.75, 3.05) is 11.4 Å². The number of cyclic esters (lactones) is 1. The van der Waals surface area contributed by atoms with Gasteiger partial charge in [0.25, 0.3) is 0 Å². The zero-order chi connectivity index (χ0) is 11.7. The van der Waals surface area contributed by atoms with Gasteiger partial charge in [-0.05, 0) is 37.1 Å². The monoisotopic (exact) mass is 216 g/mol. The smallest absolute Gasteiger partial charge is 0.415 e. The minimum absolute atomic E-state index is 0.303. The Kier molecular flexibility index (Phi) is 2.53. The molecule has 0 radical (unpaired) electrons. The van der Waals surface area contributed by atoms with Crippen molar-refractivity contribution in [1.29, 1.82) is 5.26 Å². The van der Waals surface area contributed by atoms with Crippen LogP contribution in [-0.4, -0.2) is 18.7 Å². The molecule has 1 fully saturated rings. The van der Waals surface area contributed by atoms with Crippen LogP contribution in [0, 0.1) is 25.2 Å². The molecular formula is C12H12N2O2. The van der Waals surface area contributed by atoms with E-state index in [9.17, 15) is 4.79 Å². The Hall–Kier alpha value is -2.02. The average molecular weight is 216 g/mol. The van der Waals surface area contributed by atoms with Crippen molar-refractivity contribution >= 4 is 11.8 Å². The maximum absolute atomic E-state index is 11.5.